The van der Waals surface area contributed by atoms with Crippen molar-refractivity contribution in [3.05, 3.63) is 164 Å². The summed E-state index contributed by atoms with van der Waals surface area (Å²) >= 11 is 0. The van der Waals surface area contributed by atoms with Crippen LogP contribution in [0.15, 0.2) is 168 Å². The summed E-state index contributed by atoms with van der Waals surface area (Å²) in [5, 5.41) is 9.53. The molecule has 8 aromatic carbocycles. The topological polar surface area (TPSA) is 25.2 Å². The summed E-state index contributed by atoms with van der Waals surface area (Å²) in [5.74, 6) is 0. The molecule has 0 aliphatic rings. The van der Waals surface area contributed by atoms with Crippen LogP contribution in [0.5, 0.6) is 0 Å². The van der Waals surface area contributed by atoms with Crippen LogP contribution in [0.25, 0.3) is 87.4 Å². The molecule has 0 spiro atoms. The Morgan fingerprint density at radius 2 is 1.06 bits per heavy atom. The highest BCUT2D eigenvalue weighted by atomic mass is 16.3. The lowest BCUT2D eigenvalue weighted by atomic mass is 10.0. The van der Waals surface area contributed by atoms with Gasteiger partial charge in [-0.1, -0.05) is 103 Å². The van der Waals surface area contributed by atoms with E-state index >= 15 is 0 Å². The van der Waals surface area contributed by atoms with Gasteiger partial charge in [-0.3, -0.25) is 0 Å². The molecule has 0 radical (unpaired) electrons. The van der Waals surface area contributed by atoms with Crippen LogP contribution in [-0.2, 0) is 0 Å². The van der Waals surface area contributed by atoms with E-state index in [1.807, 2.05) is 0 Å². The second kappa shape index (κ2) is 9.43. The third kappa shape index (κ3) is 3.25. The van der Waals surface area contributed by atoms with Crippen molar-refractivity contribution in [3.63, 3.8) is 0 Å². The van der Waals surface area contributed by atoms with Gasteiger partial charge in [0.15, 0.2) is 0 Å². The first-order valence-corrected chi connectivity index (χ1v) is 17.1. The van der Waals surface area contributed by atoms with Crippen molar-refractivity contribution in [2.75, 3.05) is 4.90 Å². The zero-order valence-corrected chi connectivity index (χ0v) is 26.8. The predicted octanol–water partition coefficient (Wildman–Crippen LogP) is 12.8. The van der Waals surface area contributed by atoms with Gasteiger partial charge in [0.1, 0.15) is 11.2 Å². The van der Waals surface area contributed by atoms with Crippen LogP contribution in [0, 0.1) is 0 Å². The van der Waals surface area contributed by atoms with Crippen LogP contribution >= 0.6 is 0 Å². The summed E-state index contributed by atoms with van der Waals surface area (Å²) in [5.41, 5.74) is 12.3. The Labute approximate surface area is 285 Å². The molecule has 0 amide bonds. The lowest BCUT2D eigenvalue weighted by Gasteiger charge is -2.26. The van der Waals surface area contributed by atoms with E-state index in [4.69, 9.17) is 4.42 Å². The van der Waals surface area contributed by atoms with Crippen molar-refractivity contribution in [2.24, 2.45) is 0 Å². The Balaban J connectivity index is 1.22. The minimum absolute atomic E-state index is 0.869. The van der Waals surface area contributed by atoms with E-state index in [1.54, 1.807) is 0 Å². The maximum absolute atomic E-state index is 7.04. The highest BCUT2D eigenvalue weighted by molar-refractivity contribution is 6.30. The molecule has 0 bridgehead atoms. The Bertz CT molecular complexity index is 3320. The Morgan fingerprint density at radius 3 is 1.94 bits per heavy atom. The number of hydrogen-bond donors (Lipinski definition) is 0. The van der Waals surface area contributed by atoms with Gasteiger partial charge in [0.2, 0.25) is 0 Å². The molecule has 0 aliphatic carbocycles. The molecular weight excluding hydrogens is 611 g/mol. The highest BCUT2D eigenvalue weighted by Crippen LogP contribution is 2.47. The van der Waals surface area contributed by atoms with Gasteiger partial charge in [0, 0.05) is 49.8 Å². The van der Waals surface area contributed by atoms with Gasteiger partial charge in [-0.25, -0.2) is 0 Å². The summed E-state index contributed by atoms with van der Waals surface area (Å²) in [6.45, 7) is 0. The summed E-state index contributed by atoms with van der Waals surface area (Å²) in [7, 11) is 0. The first-order chi connectivity index (χ1) is 24.8. The number of aromatic nitrogens is 2. The van der Waals surface area contributed by atoms with Crippen LogP contribution in [0.3, 0.4) is 0 Å². The van der Waals surface area contributed by atoms with Gasteiger partial charge in [0.25, 0.3) is 0 Å². The fourth-order valence-corrected chi connectivity index (χ4v) is 8.75. The molecule has 4 heterocycles. The van der Waals surface area contributed by atoms with Crippen LogP contribution in [0.2, 0.25) is 0 Å². The van der Waals surface area contributed by atoms with Gasteiger partial charge in [0.05, 0.1) is 44.2 Å². The van der Waals surface area contributed by atoms with Gasteiger partial charge in [-0.2, -0.15) is 0 Å². The zero-order valence-electron chi connectivity index (χ0n) is 26.8. The number of fused-ring (bicyclic) bond motifs is 13. The largest absolute Gasteiger partial charge is 0.455 e. The fourth-order valence-electron chi connectivity index (χ4n) is 8.75. The summed E-state index contributed by atoms with van der Waals surface area (Å²) in [6.07, 6.45) is 0. The minimum atomic E-state index is 0.869. The van der Waals surface area contributed by atoms with Crippen molar-refractivity contribution in [2.45, 2.75) is 0 Å². The van der Waals surface area contributed by atoms with E-state index in [0.29, 0.717) is 0 Å². The summed E-state index contributed by atoms with van der Waals surface area (Å²) in [6, 6.07) is 59.0. The van der Waals surface area contributed by atoms with E-state index in [1.165, 1.54) is 60.0 Å². The van der Waals surface area contributed by atoms with Crippen molar-refractivity contribution in [1.29, 1.82) is 0 Å². The van der Waals surface area contributed by atoms with Crippen LogP contribution in [0.1, 0.15) is 0 Å². The molecule has 0 aliphatic heterocycles. The maximum atomic E-state index is 7.04. The molecule has 4 nitrogen and oxygen atoms in total. The lowest BCUT2D eigenvalue weighted by molar-refractivity contribution is 0.673. The van der Waals surface area contributed by atoms with E-state index < -0.39 is 0 Å². The molecule has 12 rings (SSSR count). The van der Waals surface area contributed by atoms with Crippen molar-refractivity contribution in [3.8, 4) is 0 Å². The summed E-state index contributed by atoms with van der Waals surface area (Å²) in [4.78, 5) is 2.34. The van der Waals surface area contributed by atoms with Crippen molar-refractivity contribution >= 4 is 104 Å². The van der Waals surface area contributed by atoms with E-state index in [0.717, 1.165) is 44.4 Å². The molecule has 12 aromatic rings. The standard InChI is InChI=1S/C46H27N3O/c1-2-14-29(15-3-1)47(37-22-10-13-28-12-4-5-16-31(28)37)30-24-25-33-36-27-41-45-43(46(36)50-42(33)26-30)35-18-7-9-21-39(35)48(45)40-23-11-19-34-32-17-6-8-20-38(32)49(41)44(34)40/h1-27H. The van der Waals surface area contributed by atoms with E-state index in [-0.39, 0.29) is 0 Å². The average Bonchev–Trinajstić information content (AvgIpc) is 3.83. The Kier molecular flexibility index (Phi) is 4.94. The zero-order chi connectivity index (χ0) is 32.5. The molecule has 0 atom stereocenters. The van der Waals surface area contributed by atoms with Crippen molar-refractivity contribution in [1.82, 2.24) is 8.80 Å². The number of furan rings is 1. The second-order valence-electron chi connectivity index (χ2n) is 13.3. The number of rotatable bonds is 3. The molecule has 4 heteroatoms. The number of nitrogens with zero attached hydrogens (tertiary/aromatic N) is 3. The molecule has 0 saturated carbocycles. The van der Waals surface area contributed by atoms with Crippen molar-refractivity contribution < 1.29 is 4.42 Å². The maximum Gasteiger partial charge on any atom is 0.145 e. The van der Waals surface area contributed by atoms with E-state index in [9.17, 15) is 0 Å². The first-order valence-electron chi connectivity index (χ1n) is 17.1. The molecule has 0 unspecified atom stereocenters. The summed E-state index contributed by atoms with van der Waals surface area (Å²) < 4.78 is 12.0. The number of para-hydroxylation sites is 4. The monoisotopic (exact) mass is 637 g/mol. The quantitative estimate of drug-likeness (QED) is 0.180. The third-order valence-corrected chi connectivity index (χ3v) is 10.8. The Morgan fingerprint density at radius 1 is 0.400 bits per heavy atom. The first kappa shape index (κ1) is 26.2. The molecule has 0 saturated heterocycles. The number of benzene rings is 8. The van der Waals surface area contributed by atoms with Gasteiger partial charge in [-0.05, 0) is 60.0 Å². The molecule has 50 heavy (non-hydrogen) atoms. The highest BCUT2D eigenvalue weighted by Gasteiger charge is 2.25. The number of anilines is 3. The molecule has 4 aromatic heterocycles. The minimum Gasteiger partial charge on any atom is -0.455 e. The SMILES string of the molecule is c1ccc(N(c2ccc3c(c2)oc2c3cc3c4c2c2ccccc2n4c2cccc4c5ccccc5n3c42)c2cccc3ccccc23)cc1. The average molecular weight is 638 g/mol. The molecule has 0 N–H and O–H groups in total. The van der Waals surface area contributed by atoms with E-state index in [2.05, 4.69) is 177 Å². The number of hydrogen-bond acceptors (Lipinski definition) is 2. The predicted molar refractivity (Wildman–Crippen MR) is 209 cm³/mol. The van der Waals surface area contributed by atoms with Gasteiger partial charge in [-0.15, -0.1) is 0 Å². The van der Waals surface area contributed by atoms with Gasteiger partial charge < -0.3 is 18.1 Å². The normalized spacial score (nSPS) is 12.4. The van der Waals surface area contributed by atoms with Crippen LogP contribution in [-0.4, -0.2) is 8.80 Å². The lowest BCUT2D eigenvalue weighted by Crippen LogP contribution is -2.10. The molecular formula is C46H27N3O. The van der Waals surface area contributed by atoms with Gasteiger partial charge >= 0.3 is 0 Å². The van der Waals surface area contributed by atoms with Crippen LogP contribution in [0.4, 0.5) is 17.1 Å². The van der Waals surface area contributed by atoms with Crippen LogP contribution < -0.4 is 4.90 Å². The molecule has 232 valence electrons. The fraction of sp³-hybridized carbons (Fsp3) is 0. The molecule has 0 fully saturated rings. The third-order valence-electron chi connectivity index (χ3n) is 10.8. The smallest absolute Gasteiger partial charge is 0.145 e. The second-order valence-corrected chi connectivity index (χ2v) is 13.3. The Hall–Kier alpha value is -6.78.